The van der Waals surface area contributed by atoms with Crippen LogP contribution in [-0.2, 0) is 19.1 Å². The van der Waals surface area contributed by atoms with E-state index in [-0.39, 0.29) is 31.0 Å². The molecule has 8 heteroatoms. The minimum Gasteiger partial charge on any atom is -0.481 e. The lowest BCUT2D eigenvalue weighted by Crippen LogP contribution is -2.46. The Kier molecular flexibility index (Phi) is 6.40. The fourth-order valence-corrected chi connectivity index (χ4v) is 2.05. The number of hydrogen-bond donors (Lipinski definition) is 3. The number of aliphatic carboxylic acids is 1. The Morgan fingerprint density at radius 3 is 2.50 bits per heavy atom. The normalized spacial score (nSPS) is 21.8. The zero-order chi connectivity index (χ0) is 15.1. The van der Waals surface area contributed by atoms with E-state index < -0.39 is 11.9 Å². The van der Waals surface area contributed by atoms with Gasteiger partial charge in [-0.25, -0.2) is 0 Å². The summed E-state index contributed by atoms with van der Waals surface area (Å²) in [5, 5.41) is 14.3. The van der Waals surface area contributed by atoms with Crippen molar-refractivity contribution < 1.29 is 24.2 Å². The van der Waals surface area contributed by atoms with Gasteiger partial charge in [0.2, 0.25) is 11.8 Å². The highest BCUT2D eigenvalue weighted by Gasteiger charge is 2.37. The van der Waals surface area contributed by atoms with Gasteiger partial charge in [-0.05, 0) is 7.05 Å². The maximum absolute atomic E-state index is 11.7. The molecule has 1 aliphatic heterocycles. The van der Waals surface area contributed by atoms with Crippen molar-refractivity contribution in [2.24, 2.45) is 5.92 Å². The highest BCUT2D eigenvalue weighted by molar-refractivity contribution is 5.78. The molecule has 2 atom stereocenters. The molecule has 0 aromatic rings. The molecule has 0 aromatic heterocycles. The Labute approximate surface area is 117 Å². The number of amides is 2. The SMILES string of the molecule is CC(=O)NCCNC(=O)CN(C)C1COCC1C(=O)O. The van der Waals surface area contributed by atoms with Gasteiger partial charge in [-0.1, -0.05) is 0 Å². The van der Waals surface area contributed by atoms with Crippen LogP contribution in [0.2, 0.25) is 0 Å². The summed E-state index contributed by atoms with van der Waals surface area (Å²) in [7, 11) is 1.70. The highest BCUT2D eigenvalue weighted by atomic mass is 16.5. The lowest BCUT2D eigenvalue weighted by atomic mass is 10.0. The summed E-state index contributed by atoms with van der Waals surface area (Å²) in [6, 6.07) is -0.298. The second-order valence-electron chi connectivity index (χ2n) is 4.80. The Hall–Kier alpha value is -1.67. The largest absolute Gasteiger partial charge is 0.481 e. The van der Waals surface area contributed by atoms with Crippen molar-refractivity contribution in [1.82, 2.24) is 15.5 Å². The maximum atomic E-state index is 11.7. The summed E-state index contributed by atoms with van der Waals surface area (Å²) in [6.45, 7) is 2.70. The number of nitrogens with one attached hydrogen (secondary N) is 2. The van der Waals surface area contributed by atoms with Crippen LogP contribution in [0.15, 0.2) is 0 Å². The monoisotopic (exact) mass is 287 g/mol. The average molecular weight is 287 g/mol. The Morgan fingerprint density at radius 2 is 1.90 bits per heavy atom. The molecule has 8 nitrogen and oxygen atoms in total. The first-order valence-corrected chi connectivity index (χ1v) is 6.43. The number of rotatable bonds is 7. The van der Waals surface area contributed by atoms with Crippen molar-refractivity contribution >= 4 is 17.8 Å². The summed E-state index contributed by atoms with van der Waals surface area (Å²) < 4.78 is 5.16. The number of carbonyl (C=O) groups excluding carboxylic acids is 2. The second kappa shape index (κ2) is 7.81. The van der Waals surface area contributed by atoms with Gasteiger partial charge in [-0.2, -0.15) is 0 Å². The molecule has 114 valence electrons. The zero-order valence-electron chi connectivity index (χ0n) is 11.7. The number of carbonyl (C=O) groups is 3. The van der Waals surface area contributed by atoms with E-state index in [0.717, 1.165) is 0 Å². The molecule has 20 heavy (non-hydrogen) atoms. The minimum absolute atomic E-state index is 0.0951. The van der Waals surface area contributed by atoms with Gasteiger partial charge in [0.25, 0.3) is 0 Å². The topological polar surface area (TPSA) is 108 Å². The molecule has 0 saturated carbocycles. The molecular formula is C12H21N3O5. The van der Waals surface area contributed by atoms with Crippen LogP contribution in [0, 0.1) is 5.92 Å². The molecule has 2 unspecified atom stereocenters. The van der Waals surface area contributed by atoms with Crippen LogP contribution in [0.1, 0.15) is 6.92 Å². The van der Waals surface area contributed by atoms with E-state index in [1.165, 1.54) is 6.92 Å². The van der Waals surface area contributed by atoms with Crippen LogP contribution in [-0.4, -0.2) is 73.7 Å². The third kappa shape index (κ3) is 5.14. The molecule has 1 heterocycles. The molecule has 0 aromatic carbocycles. The third-order valence-electron chi connectivity index (χ3n) is 3.15. The van der Waals surface area contributed by atoms with Crippen LogP contribution < -0.4 is 10.6 Å². The number of carboxylic acid groups (broad SMARTS) is 1. The smallest absolute Gasteiger partial charge is 0.310 e. The van der Waals surface area contributed by atoms with Gasteiger partial charge < -0.3 is 20.5 Å². The number of carboxylic acids is 1. The summed E-state index contributed by atoms with van der Waals surface area (Å²) in [6.07, 6.45) is 0. The lowest BCUT2D eigenvalue weighted by Gasteiger charge is -2.25. The molecule has 1 aliphatic rings. The van der Waals surface area contributed by atoms with Gasteiger partial charge in [0.1, 0.15) is 0 Å². The van der Waals surface area contributed by atoms with E-state index >= 15 is 0 Å². The fourth-order valence-electron chi connectivity index (χ4n) is 2.05. The minimum atomic E-state index is -0.912. The Bertz CT molecular complexity index is 374. The standard InChI is InChI=1S/C12H21N3O5/c1-8(16)13-3-4-14-11(17)5-15(2)10-7-20-6-9(10)12(18)19/h9-10H,3-7H2,1-2H3,(H,13,16)(H,14,17)(H,18,19). The Morgan fingerprint density at radius 1 is 1.25 bits per heavy atom. The number of ether oxygens (including phenoxy) is 1. The van der Waals surface area contributed by atoms with Crippen molar-refractivity contribution in [3.05, 3.63) is 0 Å². The predicted octanol–water partition coefficient (Wildman–Crippen LogP) is -1.73. The van der Waals surface area contributed by atoms with E-state index in [1.807, 2.05) is 0 Å². The van der Waals surface area contributed by atoms with Crippen molar-refractivity contribution in [2.75, 3.05) is 39.9 Å². The third-order valence-corrected chi connectivity index (χ3v) is 3.15. The first kappa shape index (κ1) is 16.4. The van der Waals surface area contributed by atoms with Crippen LogP contribution in [0.3, 0.4) is 0 Å². The second-order valence-corrected chi connectivity index (χ2v) is 4.80. The predicted molar refractivity (Wildman–Crippen MR) is 70.1 cm³/mol. The maximum Gasteiger partial charge on any atom is 0.310 e. The zero-order valence-corrected chi connectivity index (χ0v) is 11.7. The van der Waals surface area contributed by atoms with E-state index in [1.54, 1.807) is 11.9 Å². The molecule has 1 rings (SSSR count). The molecule has 1 fully saturated rings. The highest BCUT2D eigenvalue weighted by Crippen LogP contribution is 2.18. The summed E-state index contributed by atoms with van der Waals surface area (Å²) in [4.78, 5) is 35.0. The Balaban J connectivity index is 2.30. The molecule has 0 radical (unpaired) electrons. The quantitative estimate of drug-likeness (QED) is 0.480. The first-order chi connectivity index (χ1) is 9.41. The van der Waals surface area contributed by atoms with Gasteiger partial charge in [-0.3, -0.25) is 19.3 Å². The van der Waals surface area contributed by atoms with Crippen molar-refractivity contribution in [3.63, 3.8) is 0 Å². The molecule has 0 bridgehead atoms. The first-order valence-electron chi connectivity index (χ1n) is 6.43. The van der Waals surface area contributed by atoms with E-state index in [0.29, 0.717) is 19.7 Å². The molecule has 0 aliphatic carbocycles. The molecular weight excluding hydrogens is 266 g/mol. The van der Waals surface area contributed by atoms with Crippen LogP contribution in [0.5, 0.6) is 0 Å². The molecule has 0 spiro atoms. The van der Waals surface area contributed by atoms with Crippen molar-refractivity contribution in [2.45, 2.75) is 13.0 Å². The van der Waals surface area contributed by atoms with Gasteiger partial charge in [0, 0.05) is 26.1 Å². The van der Waals surface area contributed by atoms with E-state index in [2.05, 4.69) is 10.6 Å². The fraction of sp³-hybridized carbons (Fsp3) is 0.750. The number of hydrogen-bond acceptors (Lipinski definition) is 5. The lowest BCUT2D eigenvalue weighted by molar-refractivity contribution is -0.143. The van der Waals surface area contributed by atoms with Gasteiger partial charge in [-0.15, -0.1) is 0 Å². The van der Waals surface area contributed by atoms with Gasteiger partial charge in [0.15, 0.2) is 0 Å². The number of nitrogens with zero attached hydrogens (tertiary/aromatic N) is 1. The summed E-state index contributed by atoms with van der Waals surface area (Å²) in [5.74, 6) is -1.88. The van der Waals surface area contributed by atoms with Crippen molar-refractivity contribution in [1.29, 1.82) is 0 Å². The van der Waals surface area contributed by atoms with E-state index in [9.17, 15) is 14.4 Å². The average Bonchev–Trinajstić information content (AvgIpc) is 2.83. The van der Waals surface area contributed by atoms with E-state index in [4.69, 9.17) is 9.84 Å². The van der Waals surface area contributed by atoms with Gasteiger partial charge >= 0.3 is 5.97 Å². The summed E-state index contributed by atoms with van der Waals surface area (Å²) in [5.41, 5.74) is 0. The molecule has 1 saturated heterocycles. The van der Waals surface area contributed by atoms with Crippen LogP contribution in [0.25, 0.3) is 0 Å². The van der Waals surface area contributed by atoms with Crippen LogP contribution >= 0.6 is 0 Å². The number of likely N-dealkylation sites (N-methyl/N-ethyl adjacent to an activating group) is 1. The van der Waals surface area contributed by atoms with Crippen LogP contribution in [0.4, 0.5) is 0 Å². The summed E-state index contributed by atoms with van der Waals surface area (Å²) >= 11 is 0. The molecule has 2 amide bonds. The van der Waals surface area contributed by atoms with Crippen molar-refractivity contribution in [3.8, 4) is 0 Å². The molecule has 3 N–H and O–H groups in total. The van der Waals surface area contributed by atoms with Gasteiger partial charge in [0.05, 0.1) is 25.7 Å².